The van der Waals surface area contributed by atoms with Crippen LogP contribution in [-0.4, -0.2) is 11.1 Å². The van der Waals surface area contributed by atoms with Gasteiger partial charge < -0.3 is 0 Å². The lowest BCUT2D eigenvalue weighted by atomic mass is 10.0. The number of hydrogen-bond donors (Lipinski definition) is 0. The Kier molecular flexibility index (Phi) is 5.55. The van der Waals surface area contributed by atoms with Crippen molar-refractivity contribution in [2.75, 3.05) is 5.33 Å². The van der Waals surface area contributed by atoms with Crippen LogP contribution in [0.5, 0.6) is 0 Å². The minimum absolute atomic E-state index is 0.168. The number of carbonyl (C=O) groups excluding carboxylic acids is 1. The molecule has 0 atom stereocenters. The van der Waals surface area contributed by atoms with E-state index < -0.39 is 23.0 Å². The summed E-state index contributed by atoms with van der Waals surface area (Å²) in [5.41, 5.74) is -0.433. The van der Waals surface area contributed by atoms with Gasteiger partial charge in [-0.05, 0) is 25.0 Å². The topological polar surface area (TPSA) is 17.1 Å². The fourth-order valence-electron chi connectivity index (χ4n) is 1.31. The lowest BCUT2D eigenvalue weighted by Gasteiger charge is -2.04. The van der Waals surface area contributed by atoms with Gasteiger partial charge in [-0.2, -0.15) is 0 Å². The lowest BCUT2D eigenvalue weighted by Crippen LogP contribution is -2.06. The summed E-state index contributed by atoms with van der Waals surface area (Å²) in [7, 11) is 0. The van der Waals surface area contributed by atoms with Crippen LogP contribution in [0.3, 0.4) is 0 Å². The van der Waals surface area contributed by atoms with Gasteiger partial charge in [0.05, 0.1) is 5.56 Å². The van der Waals surface area contributed by atoms with Gasteiger partial charge in [0, 0.05) is 16.2 Å². The Morgan fingerprint density at radius 3 is 2.25 bits per heavy atom. The number of alkyl halides is 1. The molecule has 1 aromatic carbocycles. The number of unbranched alkanes of at least 4 members (excludes halogenated alkanes) is 1. The van der Waals surface area contributed by atoms with Crippen LogP contribution in [0, 0.1) is 11.6 Å². The van der Waals surface area contributed by atoms with E-state index in [2.05, 4.69) is 31.9 Å². The van der Waals surface area contributed by atoms with Gasteiger partial charge in [0.15, 0.2) is 5.78 Å². The largest absolute Gasteiger partial charge is 0.294 e. The van der Waals surface area contributed by atoms with Gasteiger partial charge in [-0.1, -0.05) is 31.9 Å². The normalized spacial score (nSPS) is 10.5. The van der Waals surface area contributed by atoms with Gasteiger partial charge in [0.25, 0.3) is 0 Å². The zero-order valence-electron chi connectivity index (χ0n) is 8.40. The lowest BCUT2D eigenvalue weighted by molar-refractivity contribution is 0.0971. The molecule has 0 heterocycles. The van der Waals surface area contributed by atoms with Crippen molar-refractivity contribution < 1.29 is 13.6 Å². The number of halogens is 4. The fraction of sp³-hybridized carbons (Fsp3) is 0.364. The standard InChI is InChI=1S/C11H10Br2F2O/c12-4-2-1-3-10(16)11-8(14)5-7(13)6-9(11)15/h5-6H,1-4H2. The molecule has 0 aliphatic carbocycles. The van der Waals surface area contributed by atoms with E-state index in [0.717, 1.165) is 23.9 Å². The van der Waals surface area contributed by atoms with E-state index in [-0.39, 0.29) is 6.42 Å². The van der Waals surface area contributed by atoms with Gasteiger partial charge in [-0.25, -0.2) is 8.78 Å². The van der Waals surface area contributed by atoms with Crippen molar-refractivity contribution in [3.05, 3.63) is 33.8 Å². The van der Waals surface area contributed by atoms with Crippen LogP contribution < -0.4 is 0 Å². The average Bonchev–Trinajstić information content (AvgIpc) is 2.16. The highest BCUT2D eigenvalue weighted by atomic mass is 79.9. The average molecular weight is 356 g/mol. The maximum absolute atomic E-state index is 13.4. The zero-order chi connectivity index (χ0) is 12.1. The summed E-state index contributed by atoms with van der Waals surface area (Å²) in [5.74, 6) is -2.10. The smallest absolute Gasteiger partial charge is 0.168 e. The SMILES string of the molecule is O=C(CCCCBr)c1c(F)cc(Br)cc1F. The number of hydrogen-bond acceptors (Lipinski definition) is 1. The van der Waals surface area contributed by atoms with Crippen LogP contribution >= 0.6 is 31.9 Å². The highest BCUT2D eigenvalue weighted by Crippen LogP contribution is 2.21. The van der Waals surface area contributed by atoms with Crippen molar-refractivity contribution in [3.63, 3.8) is 0 Å². The first-order valence-corrected chi connectivity index (χ1v) is 6.71. The summed E-state index contributed by atoms with van der Waals surface area (Å²) in [6.45, 7) is 0. The van der Waals surface area contributed by atoms with Crippen molar-refractivity contribution in [1.29, 1.82) is 0 Å². The maximum Gasteiger partial charge on any atom is 0.168 e. The van der Waals surface area contributed by atoms with Gasteiger partial charge in [-0.15, -0.1) is 0 Å². The fourth-order valence-corrected chi connectivity index (χ4v) is 2.11. The number of carbonyl (C=O) groups is 1. The Balaban J connectivity index is 2.83. The van der Waals surface area contributed by atoms with Crippen molar-refractivity contribution in [3.8, 4) is 0 Å². The van der Waals surface area contributed by atoms with Crippen LogP contribution in [-0.2, 0) is 0 Å². The van der Waals surface area contributed by atoms with E-state index in [9.17, 15) is 13.6 Å². The van der Waals surface area contributed by atoms with Gasteiger partial charge >= 0.3 is 0 Å². The molecule has 0 aliphatic rings. The maximum atomic E-state index is 13.4. The molecule has 0 spiro atoms. The number of ketones is 1. The van der Waals surface area contributed by atoms with E-state index in [1.807, 2.05) is 0 Å². The molecule has 0 fully saturated rings. The monoisotopic (exact) mass is 354 g/mol. The Morgan fingerprint density at radius 2 is 1.75 bits per heavy atom. The first kappa shape index (κ1) is 13.8. The quantitative estimate of drug-likeness (QED) is 0.432. The second kappa shape index (κ2) is 6.45. The van der Waals surface area contributed by atoms with Crippen LogP contribution in [0.4, 0.5) is 8.78 Å². The predicted octanol–water partition coefficient (Wildman–Crippen LogP) is 4.48. The minimum atomic E-state index is -0.810. The van der Waals surface area contributed by atoms with E-state index >= 15 is 0 Å². The molecule has 88 valence electrons. The predicted molar refractivity (Wildman–Crippen MR) is 66.0 cm³/mol. The minimum Gasteiger partial charge on any atom is -0.294 e. The van der Waals surface area contributed by atoms with Crippen LogP contribution in [0.2, 0.25) is 0 Å². The van der Waals surface area contributed by atoms with Crippen LogP contribution in [0.25, 0.3) is 0 Å². The third-order valence-corrected chi connectivity index (χ3v) is 3.09. The summed E-state index contributed by atoms with van der Waals surface area (Å²) in [5, 5.41) is 0.783. The van der Waals surface area contributed by atoms with E-state index in [1.165, 1.54) is 0 Å². The summed E-state index contributed by atoms with van der Waals surface area (Å²) < 4.78 is 27.0. The molecule has 0 amide bonds. The second-order valence-electron chi connectivity index (χ2n) is 3.31. The van der Waals surface area contributed by atoms with Crippen LogP contribution in [0.15, 0.2) is 16.6 Å². The molecule has 0 aliphatic heterocycles. The van der Waals surface area contributed by atoms with Gasteiger partial charge in [0.1, 0.15) is 11.6 Å². The highest BCUT2D eigenvalue weighted by molar-refractivity contribution is 9.10. The molecule has 0 saturated carbocycles. The molecular formula is C11H10Br2F2O. The summed E-state index contributed by atoms with van der Waals surface area (Å²) in [4.78, 5) is 11.6. The Morgan fingerprint density at radius 1 is 1.19 bits per heavy atom. The van der Waals surface area contributed by atoms with Crippen molar-refractivity contribution in [2.24, 2.45) is 0 Å². The Bertz CT molecular complexity index is 371. The first-order valence-electron chi connectivity index (χ1n) is 4.80. The molecule has 5 heteroatoms. The number of Topliss-reactive ketones (excluding diaryl/α,β-unsaturated/α-hetero) is 1. The van der Waals surface area contributed by atoms with E-state index in [1.54, 1.807) is 0 Å². The molecule has 0 bridgehead atoms. The molecule has 16 heavy (non-hydrogen) atoms. The molecule has 0 N–H and O–H groups in total. The van der Waals surface area contributed by atoms with E-state index in [0.29, 0.717) is 10.9 Å². The zero-order valence-corrected chi connectivity index (χ0v) is 11.6. The number of benzene rings is 1. The highest BCUT2D eigenvalue weighted by Gasteiger charge is 2.17. The van der Waals surface area contributed by atoms with E-state index in [4.69, 9.17) is 0 Å². The third kappa shape index (κ3) is 3.63. The van der Waals surface area contributed by atoms with Gasteiger partial charge in [0.2, 0.25) is 0 Å². The van der Waals surface area contributed by atoms with Gasteiger partial charge in [-0.3, -0.25) is 4.79 Å². The molecule has 0 radical (unpaired) electrons. The van der Waals surface area contributed by atoms with Crippen LogP contribution in [0.1, 0.15) is 29.6 Å². The number of rotatable bonds is 5. The Labute approximate surface area is 109 Å². The molecule has 0 saturated heterocycles. The molecule has 0 aromatic heterocycles. The second-order valence-corrected chi connectivity index (χ2v) is 5.02. The third-order valence-electron chi connectivity index (χ3n) is 2.07. The summed E-state index contributed by atoms with van der Waals surface area (Å²) in [6, 6.07) is 2.20. The Hall–Kier alpha value is -0.290. The molecule has 0 unspecified atom stereocenters. The summed E-state index contributed by atoms with van der Waals surface area (Å²) in [6.07, 6.45) is 1.60. The van der Waals surface area contributed by atoms with Crippen molar-refractivity contribution in [2.45, 2.75) is 19.3 Å². The molecule has 1 rings (SSSR count). The van der Waals surface area contributed by atoms with Crippen molar-refractivity contribution >= 4 is 37.6 Å². The summed E-state index contributed by atoms with van der Waals surface area (Å²) >= 11 is 6.19. The first-order chi connectivity index (χ1) is 7.56. The molecular weight excluding hydrogens is 346 g/mol. The molecule has 1 aromatic rings. The molecule has 1 nitrogen and oxygen atoms in total. The van der Waals surface area contributed by atoms with Crippen molar-refractivity contribution in [1.82, 2.24) is 0 Å².